The molecule has 1 aromatic carbocycles. The summed E-state index contributed by atoms with van der Waals surface area (Å²) >= 11 is 4.83. The van der Waals surface area contributed by atoms with E-state index >= 15 is 0 Å². The van der Waals surface area contributed by atoms with E-state index in [1.165, 1.54) is 25.6 Å². The minimum Gasteiger partial charge on any atom is -0.468 e. The van der Waals surface area contributed by atoms with Crippen LogP contribution in [-0.4, -0.2) is 55.0 Å². The van der Waals surface area contributed by atoms with Crippen LogP contribution in [-0.2, 0) is 30.3 Å². The summed E-state index contributed by atoms with van der Waals surface area (Å²) in [5.74, 6) is -1.64. The fourth-order valence-corrected chi connectivity index (χ4v) is 3.30. The van der Waals surface area contributed by atoms with Crippen LogP contribution in [0.5, 0.6) is 0 Å². The lowest BCUT2D eigenvalue weighted by molar-refractivity contribution is -0.151. The number of methoxy groups -OCH3 is 2. The quantitative estimate of drug-likeness (QED) is 0.613. The molecular weight excluding hydrogens is 424 g/mol. The van der Waals surface area contributed by atoms with Crippen LogP contribution in [0.2, 0.25) is 0 Å². The molecule has 0 aliphatic rings. The summed E-state index contributed by atoms with van der Waals surface area (Å²) in [7, 11) is 2.43. The summed E-state index contributed by atoms with van der Waals surface area (Å²) in [5, 5.41) is 2.56. The summed E-state index contributed by atoms with van der Waals surface area (Å²) in [5.41, 5.74) is 1.50. The first-order chi connectivity index (χ1) is 12.4. The molecule has 0 aliphatic heterocycles. The van der Waals surface area contributed by atoms with Crippen molar-refractivity contribution in [3.8, 4) is 10.6 Å². The number of thiazole rings is 1. The number of benzene rings is 1. The van der Waals surface area contributed by atoms with Gasteiger partial charge in [0.15, 0.2) is 0 Å². The minimum absolute atomic E-state index is 0.0293. The molecule has 0 saturated heterocycles. The summed E-state index contributed by atoms with van der Waals surface area (Å²) in [4.78, 5) is 41.0. The number of carbonyl (C=O) groups excluding carboxylic acids is 3. The lowest BCUT2D eigenvalue weighted by Gasteiger charge is -2.19. The number of halogens is 1. The van der Waals surface area contributed by atoms with Crippen molar-refractivity contribution >= 4 is 45.1 Å². The van der Waals surface area contributed by atoms with Crippen molar-refractivity contribution in [2.75, 3.05) is 27.3 Å². The van der Waals surface area contributed by atoms with Crippen LogP contribution in [0.15, 0.2) is 34.1 Å². The van der Waals surface area contributed by atoms with Crippen LogP contribution >= 0.6 is 27.3 Å². The van der Waals surface area contributed by atoms with Gasteiger partial charge in [0.2, 0.25) is 5.91 Å². The van der Waals surface area contributed by atoms with Crippen molar-refractivity contribution < 1.29 is 23.9 Å². The van der Waals surface area contributed by atoms with E-state index in [1.54, 1.807) is 5.38 Å². The van der Waals surface area contributed by atoms with Gasteiger partial charge in [-0.1, -0.05) is 28.1 Å². The number of ether oxygens (including phenoxy) is 2. The molecule has 9 heteroatoms. The molecule has 2 rings (SSSR count). The lowest BCUT2D eigenvalue weighted by atomic mass is 10.2. The Kier molecular flexibility index (Phi) is 7.28. The molecule has 0 spiro atoms. The molecule has 1 amide bonds. The first-order valence-electron chi connectivity index (χ1n) is 7.54. The largest absolute Gasteiger partial charge is 0.468 e. The van der Waals surface area contributed by atoms with Gasteiger partial charge >= 0.3 is 11.9 Å². The number of amides is 1. The van der Waals surface area contributed by atoms with Gasteiger partial charge in [-0.3, -0.25) is 14.4 Å². The van der Waals surface area contributed by atoms with Crippen LogP contribution in [0.3, 0.4) is 0 Å². The van der Waals surface area contributed by atoms with Crippen molar-refractivity contribution in [2.24, 2.45) is 0 Å². The second-order valence-electron chi connectivity index (χ2n) is 5.23. The van der Waals surface area contributed by atoms with Gasteiger partial charge in [-0.25, -0.2) is 4.98 Å². The van der Waals surface area contributed by atoms with E-state index in [4.69, 9.17) is 0 Å². The molecule has 7 nitrogen and oxygen atoms in total. The maximum atomic E-state index is 12.5. The second-order valence-corrected chi connectivity index (χ2v) is 7.01. The number of rotatable bonds is 7. The highest BCUT2D eigenvalue weighted by atomic mass is 79.9. The minimum atomic E-state index is -0.615. The smallest absolute Gasteiger partial charge is 0.325 e. The summed E-state index contributed by atoms with van der Waals surface area (Å²) in [6.07, 6.45) is -0.0293. The summed E-state index contributed by atoms with van der Waals surface area (Å²) < 4.78 is 10.1. The molecule has 1 aromatic heterocycles. The van der Waals surface area contributed by atoms with Crippen LogP contribution in [0.25, 0.3) is 10.6 Å². The molecule has 0 N–H and O–H groups in total. The zero-order chi connectivity index (χ0) is 19.1. The fourth-order valence-electron chi connectivity index (χ4n) is 2.08. The molecule has 0 bridgehead atoms. The normalized spacial score (nSPS) is 10.3. The third-order valence-corrected chi connectivity index (χ3v) is 4.84. The van der Waals surface area contributed by atoms with Crippen LogP contribution in [0, 0.1) is 0 Å². The van der Waals surface area contributed by atoms with Crippen molar-refractivity contribution in [2.45, 2.75) is 6.42 Å². The Bertz CT molecular complexity index is 790. The standard InChI is InChI=1S/C17H17BrN2O5S/c1-24-15(22)8-20(9-16(23)25-2)14(21)7-13-10-26-17(19-13)11-4-3-5-12(18)6-11/h3-6,10H,7-9H2,1-2H3. The van der Waals surface area contributed by atoms with Gasteiger partial charge in [-0.15, -0.1) is 11.3 Å². The zero-order valence-corrected chi connectivity index (χ0v) is 16.6. The van der Waals surface area contributed by atoms with E-state index in [0.717, 1.165) is 19.9 Å². The van der Waals surface area contributed by atoms with E-state index in [1.807, 2.05) is 24.3 Å². The van der Waals surface area contributed by atoms with E-state index < -0.39 is 17.8 Å². The maximum absolute atomic E-state index is 12.5. The second kappa shape index (κ2) is 9.44. The highest BCUT2D eigenvalue weighted by Gasteiger charge is 2.22. The van der Waals surface area contributed by atoms with Crippen molar-refractivity contribution in [3.63, 3.8) is 0 Å². The lowest BCUT2D eigenvalue weighted by Crippen LogP contribution is -2.41. The van der Waals surface area contributed by atoms with Gasteiger partial charge in [-0.05, 0) is 12.1 Å². The topological polar surface area (TPSA) is 85.8 Å². The molecular formula is C17H17BrN2O5S. The molecule has 0 saturated carbocycles. The fraction of sp³-hybridized carbons (Fsp3) is 0.294. The van der Waals surface area contributed by atoms with Gasteiger partial charge in [-0.2, -0.15) is 0 Å². The monoisotopic (exact) mass is 440 g/mol. The average molecular weight is 441 g/mol. The molecule has 138 valence electrons. The van der Waals surface area contributed by atoms with Gasteiger partial charge in [0, 0.05) is 15.4 Å². The summed E-state index contributed by atoms with van der Waals surface area (Å²) in [6, 6.07) is 7.68. The van der Waals surface area contributed by atoms with E-state index in [9.17, 15) is 14.4 Å². The predicted octanol–water partition coefficient (Wildman–Crippen LogP) is 2.29. The predicted molar refractivity (Wildman–Crippen MR) is 99.6 cm³/mol. The van der Waals surface area contributed by atoms with Crippen molar-refractivity contribution in [1.29, 1.82) is 0 Å². The maximum Gasteiger partial charge on any atom is 0.325 e. The van der Waals surface area contributed by atoms with Crippen molar-refractivity contribution in [1.82, 2.24) is 9.88 Å². The number of esters is 2. The Morgan fingerprint density at radius 1 is 1.15 bits per heavy atom. The number of nitrogens with zero attached hydrogens (tertiary/aromatic N) is 2. The van der Waals surface area contributed by atoms with Gasteiger partial charge < -0.3 is 14.4 Å². The molecule has 0 aliphatic carbocycles. The van der Waals surface area contributed by atoms with Gasteiger partial charge in [0.05, 0.1) is 26.3 Å². The molecule has 0 fully saturated rings. The van der Waals surface area contributed by atoms with E-state index in [2.05, 4.69) is 30.4 Å². The Morgan fingerprint density at radius 3 is 2.38 bits per heavy atom. The molecule has 1 heterocycles. The number of aromatic nitrogens is 1. The molecule has 26 heavy (non-hydrogen) atoms. The van der Waals surface area contributed by atoms with Gasteiger partial charge in [0.1, 0.15) is 18.1 Å². The highest BCUT2D eigenvalue weighted by Crippen LogP contribution is 2.26. The number of hydrogen-bond donors (Lipinski definition) is 0. The van der Waals surface area contributed by atoms with E-state index in [-0.39, 0.29) is 19.5 Å². The number of carbonyl (C=O) groups is 3. The number of hydrogen-bond acceptors (Lipinski definition) is 7. The van der Waals surface area contributed by atoms with Crippen LogP contribution in [0.4, 0.5) is 0 Å². The third kappa shape index (κ3) is 5.63. The van der Waals surface area contributed by atoms with Crippen LogP contribution < -0.4 is 0 Å². The molecule has 2 aromatic rings. The zero-order valence-electron chi connectivity index (χ0n) is 14.2. The van der Waals surface area contributed by atoms with E-state index in [0.29, 0.717) is 5.69 Å². The van der Waals surface area contributed by atoms with Crippen LogP contribution in [0.1, 0.15) is 5.69 Å². The van der Waals surface area contributed by atoms with Crippen molar-refractivity contribution in [3.05, 3.63) is 39.8 Å². The molecule has 0 atom stereocenters. The SMILES string of the molecule is COC(=O)CN(CC(=O)OC)C(=O)Cc1csc(-c2cccc(Br)c2)n1. The Hall–Kier alpha value is -2.26. The summed E-state index contributed by atoms with van der Waals surface area (Å²) in [6.45, 7) is -0.653. The Balaban J connectivity index is 2.10. The first-order valence-corrected chi connectivity index (χ1v) is 9.22. The Labute approximate surface area is 163 Å². The Morgan fingerprint density at radius 2 is 1.81 bits per heavy atom. The average Bonchev–Trinajstić information content (AvgIpc) is 3.09. The molecule has 0 radical (unpaired) electrons. The molecule has 0 unspecified atom stereocenters. The first kappa shape index (κ1) is 20.1. The van der Waals surface area contributed by atoms with Gasteiger partial charge in [0.25, 0.3) is 0 Å². The third-order valence-electron chi connectivity index (χ3n) is 3.40. The highest BCUT2D eigenvalue weighted by molar-refractivity contribution is 9.10.